The van der Waals surface area contributed by atoms with E-state index in [1.54, 1.807) is 24.4 Å². The summed E-state index contributed by atoms with van der Waals surface area (Å²) >= 11 is 3.87. The van der Waals surface area contributed by atoms with Crippen molar-refractivity contribution < 1.29 is 10.2 Å². The lowest BCUT2D eigenvalue weighted by atomic mass is 10.1. The number of aromatic nitrogens is 1. The molecular formula is C8H11NO2S. The molecule has 0 spiro atoms. The molecule has 0 saturated carbocycles. The van der Waals surface area contributed by atoms with Gasteiger partial charge in [-0.3, -0.25) is 4.98 Å². The van der Waals surface area contributed by atoms with E-state index in [0.29, 0.717) is 5.69 Å². The molecule has 1 heterocycles. The quantitative estimate of drug-likeness (QED) is 0.598. The molecule has 1 aromatic rings. The Morgan fingerprint density at radius 1 is 1.42 bits per heavy atom. The van der Waals surface area contributed by atoms with Crippen LogP contribution in [0.4, 0.5) is 0 Å². The van der Waals surface area contributed by atoms with Crippen molar-refractivity contribution in [3.63, 3.8) is 0 Å². The molecule has 2 N–H and O–H groups in total. The van der Waals surface area contributed by atoms with Gasteiger partial charge >= 0.3 is 0 Å². The Balaban J connectivity index is 2.71. The van der Waals surface area contributed by atoms with Crippen LogP contribution < -0.4 is 0 Å². The number of aliphatic hydroxyl groups is 2. The minimum absolute atomic E-state index is 0.220. The van der Waals surface area contributed by atoms with Crippen LogP contribution >= 0.6 is 12.6 Å². The van der Waals surface area contributed by atoms with Crippen molar-refractivity contribution in [2.45, 2.75) is 12.2 Å². The van der Waals surface area contributed by atoms with Crippen LogP contribution in [-0.2, 0) is 0 Å². The van der Waals surface area contributed by atoms with E-state index >= 15 is 0 Å². The molecule has 0 aromatic carbocycles. The fraction of sp³-hybridized carbons (Fsp3) is 0.375. The van der Waals surface area contributed by atoms with Crippen molar-refractivity contribution in [3.8, 4) is 0 Å². The van der Waals surface area contributed by atoms with Gasteiger partial charge in [-0.15, -0.1) is 0 Å². The highest BCUT2D eigenvalue weighted by molar-refractivity contribution is 7.80. The van der Waals surface area contributed by atoms with Crippen LogP contribution in [0.2, 0.25) is 0 Å². The predicted octanol–water partition coefficient (Wildman–Crippen LogP) is 0.406. The molecule has 0 aliphatic carbocycles. The van der Waals surface area contributed by atoms with E-state index < -0.39 is 12.2 Å². The fourth-order valence-electron chi connectivity index (χ4n) is 0.848. The Morgan fingerprint density at radius 2 is 2.17 bits per heavy atom. The first-order valence-electron chi connectivity index (χ1n) is 3.63. The minimum atomic E-state index is -0.941. The lowest BCUT2D eigenvalue weighted by Gasteiger charge is -2.14. The lowest BCUT2D eigenvalue weighted by molar-refractivity contribution is 0.0310. The predicted molar refractivity (Wildman–Crippen MR) is 49.1 cm³/mol. The Hall–Kier alpha value is -0.580. The average Bonchev–Trinajstić information content (AvgIpc) is 2.17. The van der Waals surface area contributed by atoms with Crippen molar-refractivity contribution in [2.24, 2.45) is 0 Å². The van der Waals surface area contributed by atoms with Crippen LogP contribution in [0, 0.1) is 0 Å². The average molecular weight is 185 g/mol. The van der Waals surface area contributed by atoms with Gasteiger partial charge in [0.1, 0.15) is 6.10 Å². The van der Waals surface area contributed by atoms with Crippen LogP contribution in [-0.4, -0.2) is 27.1 Å². The number of hydrogen-bond donors (Lipinski definition) is 3. The molecule has 0 aliphatic rings. The Morgan fingerprint density at radius 3 is 2.67 bits per heavy atom. The number of rotatable bonds is 3. The van der Waals surface area contributed by atoms with E-state index in [0.717, 1.165) is 0 Å². The number of hydrogen-bond acceptors (Lipinski definition) is 4. The molecule has 0 bridgehead atoms. The first-order valence-corrected chi connectivity index (χ1v) is 4.27. The third-order valence-electron chi connectivity index (χ3n) is 1.54. The summed E-state index contributed by atoms with van der Waals surface area (Å²) in [6.07, 6.45) is -0.226. The molecule has 2 unspecified atom stereocenters. The molecular weight excluding hydrogens is 174 g/mol. The molecule has 3 nitrogen and oxygen atoms in total. The topological polar surface area (TPSA) is 53.4 Å². The van der Waals surface area contributed by atoms with E-state index in [-0.39, 0.29) is 5.75 Å². The summed E-state index contributed by atoms with van der Waals surface area (Å²) in [6, 6.07) is 5.18. The summed E-state index contributed by atoms with van der Waals surface area (Å²) in [7, 11) is 0. The van der Waals surface area contributed by atoms with Gasteiger partial charge in [-0.05, 0) is 12.1 Å². The van der Waals surface area contributed by atoms with Gasteiger partial charge in [-0.2, -0.15) is 12.6 Å². The van der Waals surface area contributed by atoms with Crippen molar-refractivity contribution in [3.05, 3.63) is 30.1 Å². The third-order valence-corrected chi connectivity index (χ3v) is 1.92. The molecule has 0 fully saturated rings. The largest absolute Gasteiger partial charge is 0.389 e. The van der Waals surface area contributed by atoms with Gasteiger partial charge in [-0.1, -0.05) is 6.07 Å². The van der Waals surface area contributed by atoms with Gasteiger partial charge in [0.25, 0.3) is 0 Å². The van der Waals surface area contributed by atoms with E-state index in [4.69, 9.17) is 0 Å². The van der Waals surface area contributed by atoms with E-state index in [2.05, 4.69) is 17.6 Å². The monoisotopic (exact) mass is 185 g/mol. The van der Waals surface area contributed by atoms with E-state index in [9.17, 15) is 10.2 Å². The summed E-state index contributed by atoms with van der Waals surface area (Å²) in [5, 5.41) is 18.6. The zero-order valence-corrected chi connectivity index (χ0v) is 7.35. The molecule has 1 aromatic heterocycles. The van der Waals surface area contributed by atoms with Crippen LogP contribution in [0.25, 0.3) is 0 Å². The summed E-state index contributed by atoms with van der Waals surface area (Å²) in [6.45, 7) is 0. The fourth-order valence-corrected chi connectivity index (χ4v) is 1.05. The zero-order valence-electron chi connectivity index (χ0n) is 6.46. The smallest absolute Gasteiger partial charge is 0.122 e. The summed E-state index contributed by atoms with van der Waals surface area (Å²) < 4.78 is 0. The first-order chi connectivity index (χ1) is 5.75. The maximum atomic E-state index is 9.43. The van der Waals surface area contributed by atoms with Crippen LogP contribution in [0.5, 0.6) is 0 Å². The Bertz CT molecular complexity index is 230. The normalized spacial score (nSPS) is 15.6. The van der Waals surface area contributed by atoms with E-state index in [1.165, 1.54) is 0 Å². The molecule has 0 saturated heterocycles. The number of pyridine rings is 1. The second-order valence-corrected chi connectivity index (χ2v) is 2.81. The second-order valence-electron chi connectivity index (χ2n) is 2.45. The van der Waals surface area contributed by atoms with Gasteiger partial charge in [-0.25, -0.2) is 0 Å². The Labute approximate surface area is 76.5 Å². The summed E-state index contributed by atoms with van der Waals surface area (Å²) in [4.78, 5) is 3.90. The standard InChI is InChI=1S/C8H11NO2S/c10-7(5-12)8(11)6-3-1-2-4-9-6/h1-4,7-8,10-12H,5H2. The molecule has 4 heteroatoms. The second kappa shape index (κ2) is 4.45. The SMILES string of the molecule is OC(CS)C(O)c1ccccn1. The van der Waals surface area contributed by atoms with Crippen molar-refractivity contribution in [1.82, 2.24) is 4.98 Å². The highest BCUT2D eigenvalue weighted by Crippen LogP contribution is 2.14. The maximum absolute atomic E-state index is 9.43. The molecule has 12 heavy (non-hydrogen) atoms. The Kier molecular flexibility index (Phi) is 3.52. The molecule has 2 atom stereocenters. The molecule has 0 aliphatic heterocycles. The minimum Gasteiger partial charge on any atom is -0.389 e. The van der Waals surface area contributed by atoms with Crippen LogP contribution in [0.1, 0.15) is 11.8 Å². The van der Waals surface area contributed by atoms with Crippen LogP contribution in [0.15, 0.2) is 24.4 Å². The summed E-state index contributed by atoms with van der Waals surface area (Å²) in [5.41, 5.74) is 0.471. The van der Waals surface area contributed by atoms with Crippen molar-refractivity contribution >= 4 is 12.6 Å². The van der Waals surface area contributed by atoms with Crippen LogP contribution in [0.3, 0.4) is 0 Å². The van der Waals surface area contributed by atoms with Crippen molar-refractivity contribution in [1.29, 1.82) is 0 Å². The van der Waals surface area contributed by atoms with Gasteiger partial charge in [0.15, 0.2) is 0 Å². The van der Waals surface area contributed by atoms with Crippen molar-refractivity contribution in [2.75, 3.05) is 5.75 Å². The zero-order chi connectivity index (χ0) is 8.97. The molecule has 0 radical (unpaired) electrons. The highest BCUT2D eigenvalue weighted by atomic mass is 32.1. The lowest BCUT2D eigenvalue weighted by Crippen LogP contribution is -2.20. The molecule has 1 rings (SSSR count). The maximum Gasteiger partial charge on any atom is 0.122 e. The molecule has 0 amide bonds. The van der Waals surface area contributed by atoms with Gasteiger partial charge in [0, 0.05) is 11.9 Å². The van der Waals surface area contributed by atoms with Gasteiger partial charge < -0.3 is 10.2 Å². The molecule has 66 valence electrons. The van der Waals surface area contributed by atoms with Gasteiger partial charge in [0.2, 0.25) is 0 Å². The number of nitrogens with zero attached hydrogens (tertiary/aromatic N) is 1. The summed E-state index contributed by atoms with van der Waals surface area (Å²) in [5.74, 6) is 0.220. The van der Waals surface area contributed by atoms with E-state index in [1.807, 2.05) is 0 Å². The number of thiol groups is 1. The number of aliphatic hydroxyl groups excluding tert-OH is 2. The van der Waals surface area contributed by atoms with Gasteiger partial charge in [0.05, 0.1) is 11.8 Å². The third kappa shape index (κ3) is 2.20. The highest BCUT2D eigenvalue weighted by Gasteiger charge is 2.16. The first kappa shape index (κ1) is 9.51.